The van der Waals surface area contributed by atoms with Crippen LogP contribution in [0.25, 0.3) is 17.2 Å². The molecule has 0 saturated heterocycles. The largest absolute Gasteiger partial charge is 0.480 e. The lowest BCUT2D eigenvalue weighted by molar-refractivity contribution is -0.134. The minimum Gasteiger partial charge on any atom is -0.480 e. The van der Waals surface area contributed by atoms with E-state index in [1.165, 1.54) is 27.4 Å². The van der Waals surface area contributed by atoms with E-state index in [0.717, 1.165) is 5.56 Å². The number of ether oxygens (including phenoxy) is 3. The fraction of sp³-hybridized carbons (Fsp3) is 0.200. The van der Waals surface area contributed by atoms with Crippen molar-refractivity contribution in [2.45, 2.75) is 6.92 Å². The summed E-state index contributed by atoms with van der Waals surface area (Å²) in [6.45, 7) is 1.65. The Balaban J connectivity index is 2.64. The topological polar surface area (TPSA) is 98.5 Å². The number of pyridine rings is 1. The number of hydrogen-bond donors (Lipinski definition) is 0. The average molecular weight is 366 g/mol. The van der Waals surface area contributed by atoms with Gasteiger partial charge in [0, 0.05) is 11.6 Å². The standard InChI is InChI=1S/C20H18N2O5/c1-12-17(20(24)27-4)18(15(11-21)19(22-12)26-3)14-8-5-13(6-9-14)7-10-16(23)25-2/h5-10H,1-4H3/b10-7+. The Morgan fingerprint density at radius 3 is 2.30 bits per heavy atom. The van der Waals surface area contributed by atoms with E-state index < -0.39 is 11.9 Å². The number of aryl methyl sites for hydroxylation is 1. The third-order valence-corrected chi connectivity index (χ3v) is 3.85. The van der Waals surface area contributed by atoms with E-state index in [0.29, 0.717) is 16.8 Å². The Hall–Kier alpha value is -3.66. The molecule has 0 N–H and O–H groups in total. The van der Waals surface area contributed by atoms with Gasteiger partial charge < -0.3 is 14.2 Å². The first-order chi connectivity index (χ1) is 13.0. The quantitative estimate of drug-likeness (QED) is 0.592. The van der Waals surface area contributed by atoms with Gasteiger partial charge in [-0.25, -0.2) is 14.6 Å². The fourth-order valence-electron chi connectivity index (χ4n) is 2.56. The molecule has 0 unspecified atom stereocenters. The summed E-state index contributed by atoms with van der Waals surface area (Å²) in [7, 11) is 3.97. The van der Waals surface area contributed by atoms with Gasteiger partial charge in [-0.2, -0.15) is 5.26 Å². The molecule has 1 heterocycles. The number of nitriles is 1. The number of rotatable bonds is 5. The zero-order valence-corrected chi connectivity index (χ0v) is 15.4. The number of esters is 2. The summed E-state index contributed by atoms with van der Waals surface area (Å²) in [5.41, 5.74) is 2.49. The van der Waals surface area contributed by atoms with Crippen LogP contribution in [0.4, 0.5) is 0 Å². The monoisotopic (exact) mass is 366 g/mol. The Morgan fingerprint density at radius 1 is 1.11 bits per heavy atom. The molecule has 7 nitrogen and oxygen atoms in total. The Labute approximate surface area is 156 Å². The van der Waals surface area contributed by atoms with Gasteiger partial charge in [0.25, 0.3) is 0 Å². The van der Waals surface area contributed by atoms with Crippen molar-refractivity contribution >= 4 is 18.0 Å². The van der Waals surface area contributed by atoms with Gasteiger partial charge in [-0.05, 0) is 24.1 Å². The maximum absolute atomic E-state index is 12.3. The highest BCUT2D eigenvalue weighted by molar-refractivity contribution is 6.00. The first-order valence-corrected chi connectivity index (χ1v) is 7.90. The maximum atomic E-state index is 12.3. The molecule has 0 aliphatic heterocycles. The molecular formula is C20H18N2O5. The molecule has 2 aromatic rings. The minimum atomic E-state index is -0.594. The number of benzene rings is 1. The van der Waals surface area contributed by atoms with E-state index in [2.05, 4.69) is 15.8 Å². The molecule has 7 heteroatoms. The predicted molar refractivity (Wildman–Crippen MR) is 98.1 cm³/mol. The highest BCUT2D eigenvalue weighted by Gasteiger charge is 2.25. The molecular weight excluding hydrogens is 348 g/mol. The molecule has 0 aliphatic rings. The smallest absolute Gasteiger partial charge is 0.340 e. The molecule has 2 rings (SSSR count). The van der Waals surface area contributed by atoms with Crippen LogP contribution in [0.5, 0.6) is 5.88 Å². The lowest BCUT2D eigenvalue weighted by Crippen LogP contribution is -2.11. The second kappa shape index (κ2) is 8.63. The highest BCUT2D eigenvalue weighted by Crippen LogP contribution is 2.34. The van der Waals surface area contributed by atoms with Crippen molar-refractivity contribution in [3.63, 3.8) is 0 Å². The van der Waals surface area contributed by atoms with E-state index >= 15 is 0 Å². The van der Waals surface area contributed by atoms with Crippen LogP contribution in [0, 0.1) is 18.3 Å². The molecule has 0 saturated carbocycles. The van der Waals surface area contributed by atoms with Gasteiger partial charge in [-0.3, -0.25) is 0 Å². The second-order valence-electron chi connectivity index (χ2n) is 5.41. The van der Waals surface area contributed by atoms with Crippen LogP contribution in [0.2, 0.25) is 0 Å². The SMILES string of the molecule is COC(=O)/C=C/c1ccc(-c2c(C#N)c(OC)nc(C)c2C(=O)OC)cc1. The van der Waals surface area contributed by atoms with Crippen LogP contribution < -0.4 is 4.74 Å². The highest BCUT2D eigenvalue weighted by atomic mass is 16.5. The molecule has 0 aliphatic carbocycles. The van der Waals surface area contributed by atoms with Crippen molar-refractivity contribution < 1.29 is 23.8 Å². The van der Waals surface area contributed by atoms with Gasteiger partial charge in [0.05, 0.1) is 32.6 Å². The van der Waals surface area contributed by atoms with Crippen molar-refractivity contribution in [2.24, 2.45) is 0 Å². The number of hydrogen-bond acceptors (Lipinski definition) is 7. The van der Waals surface area contributed by atoms with Gasteiger partial charge in [0.15, 0.2) is 0 Å². The van der Waals surface area contributed by atoms with Crippen LogP contribution >= 0.6 is 0 Å². The molecule has 27 heavy (non-hydrogen) atoms. The van der Waals surface area contributed by atoms with Crippen LogP contribution in [0.15, 0.2) is 30.3 Å². The summed E-state index contributed by atoms with van der Waals surface area (Å²) < 4.78 is 14.6. The summed E-state index contributed by atoms with van der Waals surface area (Å²) in [5.74, 6) is -0.926. The van der Waals surface area contributed by atoms with Crippen LogP contribution in [-0.2, 0) is 14.3 Å². The van der Waals surface area contributed by atoms with Gasteiger partial charge in [0.1, 0.15) is 11.6 Å². The van der Waals surface area contributed by atoms with Crippen LogP contribution in [-0.4, -0.2) is 38.3 Å². The lowest BCUT2D eigenvalue weighted by atomic mass is 9.94. The third-order valence-electron chi connectivity index (χ3n) is 3.85. The zero-order valence-electron chi connectivity index (χ0n) is 15.4. The normalized spacial score (nSPS) is 10.3. The number of methoxy groups -OCH3 is 3. The van der Waals surface area contributed by atoms with E-state index in [1.54, 1.807) is 37.3 Å². The van der Waals surface area contributed by atoms with Gasteiger partial charge >= 0.3 is 11.9 Å². The lowest BCUT2D eigenvalue weighted by Gasteiger charge is -2.15. The van der Waals surface area contributed by atoms with Crippen molar-refractivity contribution in [1.29, 1.82) is 5.26 Å². The summed E-state index contributed by atoms with van der Waals surface area (Å²) >= 11 is 0. The number of carbonyl (C=O) groups excluding carboxylic acids is 2. The van der Waals surface area contributed by atoms with Crippen LogP contribution in [0.1, 0.15) is 27.2 Å². The zero-order chi connectivity index (χ0) is 20.0. The van der Waals surface area contributed by atoms with Gasteiger partial charge in [-0.1, -0.05) is 24.3 Å². The van der Waals surface area contributed by atoms with E-state index in [4.69, 9.17) is 9.47 Å². The Kier molecular flexibility index (Phi) is 6.28. The molecule has 0 bridgehead atoms. The van der Waals surface area contributed by atoms with Crippen LogP contribution in [0.3, 0.4) is 0 Å². The molecule has 0 fully saturated rings. The molecule has 1 aromatic carbocycles. The molecule has 1 aromatic heterocycles. The number of aromatic nitrogens is 1. The molecule has 138 valence electrons. The van der Waals surface area contributed by atoms with Crippen molar-refractivity contribution in [1.82, 2.24) is 4.98 Å². The van der Waals surface area contributed by atoms with E-state index in [1.807, 2.05) is 0 Å². The average Bonchev–Trinajstić information content (AvgIpc) is 2.70. The number of nitrogens with zero attached hydrogens (tertiary/aromatic N) is 2. The Bertz CT molecular complexity index is 940. The molecule has 0 radical (unpaired) electrons. The van der Waals surface area contributed by atoms with E-state index in [-0.39, 0.29) is 17.0 Å². The maximum Gasteiger partial charge on any atom is 0.340 e. The summed E-state index contributed by atoms with van der Waals surface area (Å²) in [6, 6.07) is 9.02. The fourth-order valence-corrected chi connectivity index (χ4v) is 2.56. The second-order valence-corrected chi connectivity index (χ2v) is 5.41. The van der Waals surface area contributed by atoms with Crippen molar-refractivity contribution in [3.8, 4) is 23.1 Å². The van der Waals surface area contributed by atoms with Gasteiger partial charge in [-0.15, -0.1) is 0 Å². The molecule has 0 amide bonds. The third kappa shape index (κ3) is 4.12. The van der Waals surface area contributed by atoms with Crippen molar-refractivity contribution in [2.75, 3.05) is 21.3 Å². The minimum absolute atomic E-state index is 0.132. The summed E-state index contributed by atoms with van der Waals surface area (Å²) in [6.07, 6.45) is 2.90. The molecule has 0 atom stereocenters. The summed E-state index contributed by atoms with van der Waals surface area (Å²) in [4.78, 5) is 27.7. The Morgan fingerprint density at radius 2 is 1.78 bits per heavy atom. The summed E-state index contributed by atoms with van der Waals surface area (Å²) in [5, 5.41) is 9.60. The van der Waals surface area contributed by atoms with Gasteiger partial charge in [0.2, 0.25) is 5.88 Å². The predicted octanol–water partition coefficient (Wildman–Crippen LogP) is 2.91. The number of carbonyl (C=O) groups is 2. The first kappa shape index (κ1) is 19.7. The van der Waals surface area contributed by atoms with E-state index in [9.17, 15) is 14.9 Å². The van der Waals surface area contributed by atoms with Crippen molar-refractivity contribution in [3.05, 3.63) is 52.7 Å². The first-order valence-electron chi connectivity index (χ1n) is 7.90. The molecule has 0 spiro atoms.